The molecule has 0 spiro atoms. The molecule has 164 valence electrons. The van der Waals surface area contributed by atoms with Crippen LogP contribution >= 0.6 is 0 Å². The Morgan fingerprint density at radius 2 is 2.00 bits per heavy atom. The molecule has 6 heteroatoms. The number of benzene rings is 1. The Bertz CT molecular complexity index is 1140. The molecule has 2 saturated heterocycles. The summed E-state index contributed by atoms with van der Waals surface area (Å²) in [5.74, 6) is 1.80. The number of pyridine rings is 1. The maximum absolute atomic E-state index is 9.20. The molecule has 0 radical (unpaired) electrons. The Morgan fingerprint density at radius 3 is 2.72 bits per heavy atom. The van der Waals surface area contributed by atoms with E-state index in [-0.39, 0.29) is 6.10 Å². The molecule has 0 unspecified atom stereocenters. The second-order valence-electron chi connectivity index (χ2n) is 8.80. The first kappa shape index (κ1) is 20.7. The molecule has 0 saturated carbocycles. The number of morpholine rings is 1. The number of ether oxygens (including phenoxy) is 1. The number of aromatic nitrogens is 2. The first-order valence-electron chi connectivity index (χ1n) is 11.5. The summed E-state index contributed by atoms with van der Waals surface area (Å²) in [5, 5.41) is 12.6. The van der Waals surface area contributed by atoms with E-state index in [9.17, 15) is 5.26 Å². The standard InChI is InChI=1S/C26H29N5O/c1-19-6-11-31(12-7-19)26-23(21-4-2-20(17-27)3-5-21)16-25-24(29-26)9-14-30(25)13-8-22-18-28-10-15-32-22/h2-5,8-9,13-14,16,19,22,28H,6-7,10-12,15,18H2,1H3/b13-8+/t22-/m0/s1. The molecule has 3 aromatic rings. The van der Waals surface area contributed by atoms with E-state index in [0.29, 0.717) is 5.56 Å². The maximum atomic E-state index is 9.20. The molecule has 1 atom stereocenters. The molecule has 6 nitrogen and oxygen atoms in total. The Labute approximate surface area is 189 Å². The van der Waals surface area contributed by atoms with Gasteiger partial charge in [-0.15, -0.1) is 0 Å². The van der Waals surface area contributed by atoms with Gasteiger partial charge in [-0.05, 0) is 54.7 Å². The van der Waals surface area contributed by atoms with Crippen LogP contribution in [0, 0.1) is 17.2 Å². The average molecular weight is 428 g/mol. The minimum Gasteiger partial charge on any atom is -0.371 e. The van der Waals surface area contributed by atoms with Crippen LogP contribution in [0.3, 0.4) is 0 Å². The highest BCUT2D eigenvalue weighted by Crippen LogP contribution is 2.35. The zero-order valence-electron chi connectivity index (χ0n) is 18.5. The van der Waals surface area contributed by atoms with Crippen molar-refractivity contribution in [1.82, 2.24) is 14.9 Å². The topological polar surface area (TPSA) is 66.1 Å². The largest absolute Gasteiger partial charge is 0.371 e. The summed E-state index contributed by atoms with van der Waals surface area (Å²) in [6.07, 6.45) is 8.70. The van der Waals surface area contributed by atoms with E-state index in [1.165, 1.54) is 12.8 Å². The van der Waals surface area contributed by atoms with Gasteiger partial charge in [-0.3, -0.25) is 0 Å². The van der Waals surface area contributed by atoms with Crippen LogP contribution in [0.4, 0.5) is 5.82 Å². The van der Waals surface area contributed by atoms with Crippen LogP contribution in [0.15, 0.2) is 48.7 Å². The summed E-state index contributed by atoms with van der Waals surface area (Å²) in [7, 11) is 0. The SMILES string of the molecule is CC1CCN(c2nc3ccn(/C=C/[C@H]4CNCCO4)c3cc2-c2ccc(C#N)cc2)CC1. The van der Waals surface area contributed by atoms with Gasteiger partial charge in [0.05, 0.1) is 35.4 Å². The zero-order valence-corrected chi connectivity index (χ0v) is 18.5. The molecule has 5 rings (SSSR count). The Hall–Kier alpha value is -3.14. The van der Waals surface area contributed by atoms with Gasteiger partial charge >= 0.3 is 0 Å². The van der Waals surface area contributed by atoms with E-state index >= 15 is 0 Å². The third-order valence-corrected chi connectivity index (χ3v) is 6.51. The maximum Gasteiger partial charge on any atom is 0.137 e. The molecule has 0 aliphatic carbocycles. The Kier molecular flexibility index (Phi) is 5.93. The first-order chi connectivity index (χ1) is 15.7. The molecule has 32 heavy (non-hydrogen) atoms. The van der Waals surface area contributed by atoms with Crippen LogP contribution in [0.25, 0.3) is 28.4 Å². The van der Waals surface area contributed by atoms with Gasteiger partial charge in [0.1, 0.15) is 5.82 Å². The number of anilines is 1. The highest BCUT2D eigenvalue weighted by molar-refractivity contribution is 5.89. The minimum absolute atomic E-state index is 0.0850. The number of rotatable bonds is 4. The van der Waals surface area contributed by atoms with Gasteiger partial charge in [0.15, 0.2) is 0 Å². The number of fused-ring (bicyclic) bond motifs is 1. The number of hydrogen-bond acceptors (Lipinski definition) is 5. The van der Waals surface area contributed by atoms with Crippen LogP contribution in [0.5, 0.6) is 0 Å². The molecule has 2 aromatic heterocycles. The fraction of sp³-hybridized carbons (Fsp3) is 0.385. The molecule has 1 N–H and O–H groups in total. The Balaban J connectivity index is 1.55. The highest BCUT2D eigenvalue weighted by atomic mass is 16.5. The normalized spacial score (nSPS) is 20.1. The minimum atomic E-state index is 0.0850. The van der Waals surface area contributed by atoms with Crippen molar-refractivity contribution >= 4 is 23.1 Å². The average Bonchev–Trinajstić information content (AvgIpc) is 3.25. The molecule has 2 aliphatic rings. The molecule has 1 aromatic carbocycles. The van der Waals surface area contributed by atoms with E-state index in [0.717, 1.165) is 66.7 Å². The van der Waals surface area contributed by atoms with Crippen molar-refractivity contribution in [3.8, 4) is 17.2 Å². The smallest absolute Gasteiger partial charge is 0.137 e. The number of nitriles is 1. The van der Waals surface area contributed by atoms with Gasteiger partial charge in [0, 0.05) is 44.1 Å². The van der Waals surface area contributed by atoms with Crippen molar-refractivity contribution < 1.29 is 4.74 Å². The van der Waals surface area contributed by atoms with Crippen molar-refractivity contribution in [1.29, 1.82) is 5.26 Å². The summed E-state index contributed by atoms with van der Waals surface area (Å²) >= 11 is 0. The van der Waals surface area contributed by atoms with Crippen LogP contribution < -0.4 is 10.2 Å². The summed E-state index contributed by atoms with van der Waals surface area (Å²) in [4.78, 5) is 7.54. The van der Waals surface area contributed by atoms with Gasteiger partial charge in [-0.25, -0.2) is 4.98 Å². The first-order valence-corrected chi connectivity index (χ1v) is 11.5. The molecular formula is C26H29N5O. The summed E-state index contributed by atoms with van der Waals surface area (Å²) < 4.78 is 7.92. The molecule has 0 amide bonds. The molecule has 4 heterocycles. The fourth-order valence-corrected chi connectivity index (χ4v) is 4.49. The van der Waals surface area contributed by atoms with Gasteiger partial charge in [-0.2, -0.15) is 5.26 Å². The number of hydrogen-bond donors (Lipinski definition) is 1. The Morgan fingerprint density at radius 1 is 1.19 bits per heavy atom. The van der Waals surface area contributed by atoms with E-state index in [1.807, 2.05) is 24.3 Å². The van der Waals surface area contributed by atoms with Crippen molar-refractivity contribution in [2.75, 3.05) is 37.7 Å². The summed E-state index contributed by atoms with van der Waals surface area (Å²) in [5.41, 5.74) is 4.93. The van der Waals surface area contributed by atoms with Crippen molar-refractivity contribution in [3.63, 3.8) is 0 Å². The van der Waals surface area contributed by atoms with E-state index in [2.05, 4.69) is 58.4 Å². The van der Waals surface area contributed by atoms with Gasteiger partial charge in [0.25, 0.3) is 0 Å². The molecule has 0 bridgehead atoms. The molecule has 2 aliphatic heterocycles. The van der Waals surface area contributed by atoms with Crippen molar-refractivity contribution in [3.05, 3.63) is 54.2 Å². The zero-order chi connectivity index (χ0) is 21.9. The summed E-state index contributed by atoms with van der Waals surface area (Å²) in [6.45, 7) is 6.86. The highest BCUT2D eigenvalue weighted by Gasteiger charge is 2.21. The van der Waals surface area contributed by atoms with Crippen molar-refractivity contribution in [2.24, 2.45) is 5.92 Å². The molecular weight excluding hydrogens is 398 g/mol. The van der Waals surface area contributed by atoms with Gasteiger partial charge < -0.3 is 19.5 Å². The predicted octanol–water partition coefficient (Wildman–Crippen LogP) is 4.27. The lowest BCUT2D eigenvalue weighted by Gasteiger charge is -2.32. The summed E-state index contributed by atoms with van der Waals surface area (Å²) in [6, 6.07) is 14.4. The second kappa shape index (κ2) is 9.15. The van der Waals surface area contributed by atoms with Gasteiger partial charge in [0.2, 0.25) is 0 Å². The third kappa shape index (κ3) is 4.27. The number of nitrogens with zero attached hydrogens (tertiary/aromatic N) is 4. The molecule has 2 fully saturated rings. The van der Waals surface area contributed by atoms with Crippen LogP contribution in [-0.4, -0.2) is 48.4 Å². The van der Waals surface area contributed by atoms with E-state index < -0.39 is 0 Å². The number of nitrogens with one attached hydrogen (secondary N) is 1. The number of piperidine rings is 1. The monoisotopic (exact) mass is 427 g/mol. The van der Waals surface area contributed by atoms with Crippen molar-refractivity contribution in [2.45, 2.75) is 25.9 Å². The van der Waals surface area contributed by atoms with Crippen LogP contribution in [0.2, 0.25) is 0 Å². The quantitative estimate of drug-likeness (QED) is 0.674. The van der Waals surface area contributed by atoms with Crippen LogP contribution in [0.1, 0.15) is 25.3 Å². The van der Waals surface area contributed by atoms with E-state index in [4.69, 9.17) is 9.72 Å². The lowest BCUT2D eigenvalue weighted by molar-refractivity contribution is 0.0595. The van der Waals surface area contributed by atoms with Gasteiger partial charge in [-0.1, -0.05) is 19.1 Å². The third-order valence-electron chi connectivity index (χ3n) is 6.51. The lowest BCUT2D eigenvalue weighted by atomic mass is 9.97. The lowest BCUT2D eigenvalue weighted by Crippen LogP contribution is -2.37. The predicted molar refractivity (Wildman–Crippen MR) is 128 cm³/mol. The second-order valence-corrected chi connectivity index (χ2v) is 8.80. The van der Waals surface area contributed by atoms with Crippen LogP contribution in [-0.2, 0) is 4.74 Å². The fourth-order valence-electron chi connectivity index (χ4n) is 4.49. The van der Waals surface area contributed by atoms with E-state index in [1.54, 1.807) is 0 Å².